The summed E-state index contributed by atoms with van der Waals surface area (Å²) in [7, 11) is 0. The van der Waals surface area contributed by atoms with E-state index < -0.39 is 6.04 Å². The first kappa shape index (κ1) is 20.7. The number of anilines is 1. The molecule has 1 aliphatic carbocycles. The number of hydrogen-bond acceptors (Lipinski definition) is 4. The summed E-state index contributed by atoms with van der Waals surface area (Å²) in [5.74, 6) is -0.0797. The quantitative estimate of drug-likeness (QED) is 0.730. The Labute approximate surface area is 160 Å². The van der Waals surface area contributed by atoms with E-state index >= 15 is 0 Å². The molecule has 6 nitrogen and oxygen atoms in total. The summed E-state index contributed by atoms with van der Waals surface area (Å²) in [5, 5.41) is 5.90. The molecule has 0 bridgehead atoms. The third-order valence-electron chi connectivity index (χ3n) is 5.18. The molecule has 0 aromatic heterocycles. The highest BCUT2D eigenvalue weighted by atomic mass is 35.5. The monoisotopic (exact) mass is 381 g/mol. The molecule has 1 saturated heterocycles. The molecule has 1 aromatic rings. The van der Waals surface area contributed by atoms with Crippen LogP contribution in [0.1, 0.15) is 48.9 Å². The molecule has 1 atom stereocenters. The van der Waals surface area contributed by atoms with Gasteiger partial charge in [0.1, 0.15) is 0 Å². The summed E-state index contributed by atoms with van der Waals surface area (Å²) in [6.07, 6.45) is 6.12. The number of carbonyl (C=O) groups excluding carboxylic acids is 2. The Kier molecular flexibility index (Phi) is 7.87. The number of amides is 2. The fourth-order valence-corrected chi connectivity index (χ4v) is 3.56. The molecule has 1 aromatic carbocycles. The molecule has 7 heteroatoms. The Morgan fingerprint density at radius 3 is 2.27 bits per heavy atom. The van der Waals surface area contributed by atoms with Crippen molar-refractivity contribution in [2.24, 2.45) is 11.7 Å². The third kappa shape index (κ3) is 5.43. The molecular weight excluding hydrogens is 354 g/mol. The zero-order chi connectivity index (χ0) is 17.6. The van der Waals surface area contributed by atoms with Gasteiger partial charge in [-0.3, -0.25) is 9.59 Å². The van der Waals surface area contributed by atoms with Crippen LogP contribution in [0, 0.1) is 5.92 Å². The molecule has 2 aliphatic rings. The van der Waals surface area contributed by atoms with E-state index in [2.05, 4.69) is 10.6 Å². The molecule has 144 valence electrons. The Morgan fingerprint density at radius 2 is 1.65 bits per heavy atom. The largest absolute Gasteiger partial charge is 0.381 e. The maximum Gasteiger partial charge on any atom is 0.251 e. The fraction of sp³-hybridized carbons (Fsp3) is 0.579. The second-order valence-corrected chi connectivity index (χ2v) is 7.00. The standard InChI is InChI=1S/C19H27N3O3.ClH/c20-17(13-9-11-25-12-10-13)19(24)22-16-7-5-14(6-8-16)18(23)21-15-3-1-2-4-15;/h5-8,13,15,17H,1-4,9-12,20H2,(H,21,23)(H,22,24);1H. The van der Waals surface area contributed by atoms with Crippen molar-refractivity contribution in [3.63, 3.8) is 0 Å². The highest BCUT2D eigenvalue weighted by Crippen LogP contribution is 2.20. The van der Waals surface area contributed by atoms with Gasteiger partial charge in [-0.05, 0) is 55.9 Å². The highest BCUT2D eigenvalue weighted by molar-refractivity contribution is 5.97. The molecule has 3 rings (SSSR count). The Hall–Kier alpha value is -1.63. The second-order valence-electron chi connectivity index (χ2n) is 7.00. The van der Waals surface area contributed by atoms with Gasteiger partial charge in [0.2, 0.25) is 5.91 Å². The maximum atomic E-state index is 12.3. The Morgan fingerprint density at radius 1 is 1.04 bits per heavy atom. The first-order chi connectivity index (χ1) is 12.1. The average Bonchev–Trinajstić information content (AvgIpc) is 3.15. The summed E-state index contributed by atoms with van der Waals surface area (Å²) in [5.41, 5.74) is 7.34. The second kappa shape index (κ2) is 9.90. The molecule has 2 fully saturated rings. The number of carbonyl (C=O) groups is 2. The van der Waals surface area contributed by atoms with E-state index in [4.69, 9.17) is 10.5 Å². The number of nitrogens with one attached hydrogen (secondary N) is 2. The van der Waals surface area contributed by atoms with Gasteiger partial charge in [0, 0.05) is 30.5 Å². The van der Waals surface area contributed by atoms with Crippen LogP contribution in [0.25, 0.3) is 0 Å². The number of rotatable bonds is 5. The highest BCUT2D eigenvalue weighted by Gasteiger charge is 2.26. The number of ether oxygens (including phenoxy) is 1. The van der Waals surface area contributed by atoms with Gasteiger partial charge in [0.15, 0.2) is 0 Å². The van der Waals surface area contributed by atoms with Crippen molar-refractivity contribution >= 4 is 29.9 Å². The van der Waals surface area contributed by atoms with Crippen molar-refractivity contribution in [2.45, 2.75) is 50.6 Å². The Bertz CT molecular complexity index is 597. The van der Waals surface area contributed by atoms with Gasteiger partial charge in [-0.2, -0.15) is 0 Å². The average molecular weight is 382 g/mol. The van der Waals surface area contributed by atoms with Gasteiger partial charge < -0.3 is 21.1 Å². The molecule has 26 heavy (non-hydrogen) atoms. The van der Waals surface area contributed by atoms with Crippen LogP contribution in [0.5, 0.6) is 0 Å². The molecule has 1 unspecified atom stereocenters. The van der Waals surface area contributed by atoms with Crippen LogP contribution in [0.15, 0.2) is 24.3 Å². The van der Waals surface area contributed by atoms with E-state index in [1.54, 1.807) is 24.3 Å². The van der Waals surface area contributed by atoms with Crippen LogP contribution >= 0.6 is 12.4 Å². The summed E-state index contributed by atoms with van der Waals surface area (Å²) < 4.78 is 5.31. The normalized spacial score (nSPS) is 19.4. The minimum Gasteiger partial charge on any atom is -0.381 e. The maximum absolute atomic E-state index is 12.3. The van der Waals surface area contributed by atoms with Crippen molar-refractivity contribution < 1.29 is 14.3 Å². The lowest BCUT2D eigenvalue weighted by Crippen LogP contribution is -2.44. The van der Waals surface area contributed by atoms with E-state index in [-0.39, 0.29) is 30.1 Å². The smallest absolute Gasteiger partial charge is 0.251 e. The summed E-state index contributed by atoms with van der Waals surface area (Å²) >= 11 is 0. The van der Waals surface area contributed by atoms with E-state index in [0.717, 1.165) is 25.7 Å². The molecule has 1 heterocycles. The predicted molar refractivity (Wildman–Crippen MR) is 104 cm³/mol. The van der Waals surface area contributed by atoms with Gasteiger partial charge in [-0.1, -0.05) is 12.8 Å². The third-order valence-corrected chi connectivity index (χ3v) is 5.18. The van der Waals surface area contributed by atoms with Crippen molar-refractivity contribution in [2.75, 3.05) is 18.5 Å². The molecule has 0 radical (unpaired) electrons. The van der Waals surface area contributed by atoms with E-state index in [1.807, 2.05) is 0 Å². The predicted octanol–water partition coefficient (Wildman–Crippen LogP) is 2.47. The number of halogens is 1. The molecule has 4 N–H and O–H groups in total. The summed E-state index contributed by atoms with van der Waals surface area (Å²) in [6, 6.07) is 6.73. The zero-order valence-electron chi connectivity index (χ0n) is 14.9. The van der Waals surface area contributed by atoms with Crippen molar-refractivity contribution in [3.05, 3.63) is 29.8 Å². The van der Waals surface area contributed by atoms with E-state index in [1.165, 1.54) is 12.8 Å². The van der Waals surface area contributed by atoms with Crippen LogP contribution in [0.4, 0.5) is 5.69 Å². The lowest BCUT2D eigenvalue weighted by molar-refractivity contribution is -0.119. The molecule has 1 aliphatic heterocycles. The van der Waals surface area contributed by atoms with Crippen LogP contribution in [-0.2, 0) is 9.53 Å². The molecular formula is C19H28ClN3O3. The van der Waals surface area contributed by atoms with Crippen LogP contribution in [0.3, 0.4) is 0 Å². The first-order valence-corrected chi connectivity index (χ1v) is 9.18. The molecule has 1 saturated carbocycles. The minimum atomic E-state index is -0.533. The molecule has 0 spiro atoms. The van der Waals surface area contributed by atoms with Gasteiger partial charge in [0.05, 0.1) is 6.04 Å². The van der Waals surface area contributed by atoms with Gasteiger partial charge >= 0.3 is 0 Å². The van der Waals surface area contributed by atoms with Crippen LogP contribution in [0.2, 0.25) is 0 Å². The van der Waals surface area contributed by atoms with Crippen LogP contribution < -0.4 is 16.4 Å². The lowest BCUT2D eigenvalue weighted by Gasteiger charge is -2.26. The topological polar surface area (TPSA) is 93.5 Å². The summed E-state index contributed by atoms with van der Waals surface area (Å²) in [6.45, 7) is 1.33. The first-order valence-electron chi connectivity index (χ1n) is 9.18. The van der Waals surface area contributed by atoms with Gasteiger partial charge in [-0.25, -0.2) is 0 Å². The fourth-order valence-electron chi connectivity index (χ4n) is 3.56. The van der Waals surface area contributed by atoms with E-state index in [9.17, 15) is 9.59 Å². The zero-order valence-corrected chi connectivity index (χ0v) is 15.7. The lowest BCUT2D eigenvalue weighted by atomic mass is 9.92. The molecule has 2 amide bonds. The Balaban J connectivity index is 0.00000243. The van der Waals surface area contributed by atoms with Crippen LogP contribution in [-0.4, -0.2) is 37.1 Å². The van der Waals surface area contributed by atoms with Gasteiger partial charge in [-0.15, -0.1) is 12.4 Å². The SMILES string of the molecule is Cl.NC(C(=O)Nc1ccc(C(=O)NC2CCCC2)cc1)C1CCOCC1. The minimum absolute atomic E-state index is 0. The number of nitrogens with two attached hydrogens (primary N) is 1. The number of benzene rings is 1. The van der Waals surface area contributed by atoms with E-state index in [0.29, 0.717) is 30.5 Å². The van der Waals surface area contributed by atoms with Crippen molar-refractivity contribution in [3.8, 4) is 0 Å². The summed E-state index contributed by atoms with van der Waals surface area (Å²) in [4.78, 5) is 24.5. The van der Waals surface area contributed by atoms with Crippen molar-refractivity contribution in [1.82, 2.24) is 5.32 Å². The van der Waals surface area contributed by atoms with Gasteiger partial charge in [0.25, 0.3) is 5.91 Å². The van der Waals surface area contributed by atoms with Crippen molar-refractivity contribution in [1.29, 1.82) is 0 Å². The number of hydrogen-bond donors (Lipinski definition) is 3.